The van der Waals surface area contributed by atoms with Gasteiger partial charge in [-0.1, -0.05) is 27.7 Å². The van der Waals surface area contributed by atoms with E-state index < -0.39 is 0 Å². The summed E-state index contributed by atoms with van der Waals surface area (Å²) in [6.45, 7) is 15.7. The second kappa shape index (κ2) is 5.13. The van der Waals surface area contributed by atoms with E-state index in [1.54, 1.807) is 0 Å². The molecule has 0 aromatic carbocycles. The Morgan fingerprint density at radius 3 is 1.86 bits per heavy atom. The van der Waals surface area contributed by atoms with Gasteiger partial charge in [0, 0.05) is 18.6 Å². The van der Waals surface area contributed by atoms with Gasteiger partial charge in [0.05, 0.1) is 0 Å². The highest BCUT2D eigenvalue weighted by atomic mass is 15.0. The largest absolute Gasteiger partial charge is 0.314 e. The fraction of sp³-hybridized carbons (Fsp3) is 1.00. The van der Waals surface area contributed by atoms with Gasteiger partial charge in [0.15, 0.2) is 0 Å². The van der Waals surface area contributed by atoms with Crippen molar-refractivity contribution in [1.82, 2.24) is 10.6 Å². The molecule has 14 heavy (non-hydrogen) atoms. The van der Waals surface area contributed by atoms with Gasteiger partial charge in [-0.25, -0.2) is 0 Å². The lowest BCUT2D eigenvalue weighted by atomic mass is 9.81. The summed E-state index contributed by atoms with van der Waals surface area (Å²) in [5, 5.41) is 6.83. The second-order valence-corrected chi connectivity index (χ2v) is 5.88. The minimum absolute atomic E-state index is 0.188. The minimum Gasteiger partial charge on any atom is -0.314 e. The first-order valence-corrected chi connectivity index (χ1v) is 5.61. The molecule has 2 heteroatoms. The Bertz CT molecular complexity index is 160. The van der Waals surface area contributed by atoms with Crippen molar-refractivity contribution in [3.8, 4) is 0 Å². The molecule has 0 amide bonds. The standard InChI is InChI=1S/C12H28N2/c1-10(2)11(3,4)8-14-9-12(5,6)13-7/h10,13-14H,8-9H2,1-7H3. The first-order valence-electron chi connectivity index (χ1n) is 5.61. The SMILES string of the molecule is CNC(C)(C)CNCC(C)(C)C(C)C. The van der Waals surface area contributed by atoms with Gasteiger partial charge in [0.2, 0.25) is 0 Å². The molecule has 0 saturated carbocycles. The molecule has 0 rings (SSSR count). The Hall–Kier alpha value is -0.0800. The summed E-state index contributed by atoms with van der Waals surface area (Å²) < 4.78 is 0. The summed E-state index contributed by atoms with van der Waals surface area (Å²) in [5.41, 5.74) is 0.566. The van der Waals surface area contributed by atoms with Crippen molar-refractivity contribution in [2.24, 2.45) is 11.3 Å². The normalized spacial score (nSPS) is 13.7. The fourth-order valence-electron chi connectivity index (χ4n) is 0.990. The first-order chi connectivity index (χ1) is 6.21. The average Bonchev–Trinajstić information content (AvgIpc) is 2.03. The molecule has 0 heterocycles. The summed E-state index contributed by atoms with van der Waals surface area (Å²) in [7, 11) is 2.01. The molecule has 2 N–H and O–H groups in total. The molecule has 0 aliphatic heterocycles. The van der Waals surface area contributed by atoms with Crippen molar-refractivity contribution in [1.29, 1.82) is 0 Å². The number of hydrogen-bond donors (Lipinski definition) is 2. The molecule has 0 aliphatic rings. The maximum absolute atomic E-state index is 3.54. The van der Waals surface area contributed by atoms with Gasteiger partial charge in [-0.15, -0.1) is 0 Å². The van der Waals surface area contributed by atoms with Crippen LogP contribution in [0.2, 0.25) is 0 Å². The molecule has 86 valence electrons. The minimum atomic E-state index is 0.188. The van der Waals surface area contributed by atoms with E-state index in [1.165, 1.54) is 0 Å². The predicted octanol–water partition coefficient (Wildman–Crippen LogP) is 2.26. The third-order valence-corrected chi connectivity index (χ3v) is 3.39. The zero-order valence-corrected chi connectivity index (χ0v) is 11.0. The quantitative estimate of drug-likeness (QED) is 0.687. The maximum Gasteiger partial charge on any atom is 0.0246 e. The lowest BCUT2D eigenvalue weighted by molar-refractivity contribution is 0.229. The van der Waals surface area contributed by atoms with Crippen LogP contribution in [-0.4, -0.2) is 25.7 Å². The van der Waals surface area contributed by atoms with E-state index in [4.69, 9.17) is 0 Å². The Morgan fingerprint density at radius 1 is 1.00 bits per heavy atom. The number of rotatable bonds is 6. The van der Waals surface area contributed by atoms with Crippen molar-refractivity contribution in [3.63, 3.8) is 0 Å². The maximum atomic E-state index is 3.54. The Morgan fingerprint density at radius 2 is 1.50 bits per heavy atom. The summed E-state index contributed by atoms with van der Waals surface area (Å²) >= 11 is 0. The van der Waals surface area contributed by atoms with Crippen LogP contribution >= 0.6 is 0 Å². The molecule has 0 atom stereocenters. The third kappa shape index (κ3) is 4.97. The molecule has 0 aromatic rings. The molecule has 0 spiro atoms. The van der Waals surface area contributed by atoms with Crippen molar-refractivity contribution >= 4 is 0 Å². The van der Waals surface area contributed by atoms with Crippen molar-refractivity contribution < 1.29 is 0 Å². The van der Waals surface area contributed by atoms with Crippen LogP contribution in [0.5, 0.6) is 0 Å². The lowest BCUT2D eigenvalue weighted by Crippen LogP contribution is -2.48. The highest BCUT2D eigenvalue weighted by molar-refractivity contribution is 4.81. The highest BCUT2D eigenvalue weighted by Crippen LogP contribution is 2.24. The molecule has 0 radical (unpaired) electrons. The van der Waals surface area contributed by atoms with Crippen LogP contribution in [0.15, 0.2) is 0 Å². The highest BCUT2D eigenvalue weighted by Gasteiger charge is 2.23. The Balaban J connectivity index is 3.85. The molecule has 0 aliphatic carbocycles. The first kappa shape index (κ1) is 13.9. The summed E-state index contributed by atoms with van der Waals surface area (Å²) in [6, 6.07) is 0. The molecule has 0 unspecified atom stereocenters. The van der Waals surface area contributed by atoms with E-state index in [1.807, 2.05) is 7.05 Å². The van der Waals surface area contributed by atoms with Crippen molar-refractivity contribution in [2.45, 2.75) is 47.1 Å². The Labute approximate surface area is 89.9 Å². The van der Waals surface area contributed by atoms with Gasteiger partial charge in [-0.2, -0.15) is 0 Å². The zero-order valence-electron chi connectivity index (χ0n) is 11.0. The molecule has 0 bridgehead atoms. The zero-order chi connectivity index (χ0) is 11.4. The lowest BCUT2D eigenvalue weighted by Gasteiger charge is -2.32. The molecular formula is C12H28N2. The molecule has 0 saturated heterocycles. The van der Waals surface area contributed by atoms with E-state index >= 15 is 0 Å². The van der Waals surface area contributed by atoms with Gasteiger partial charge in [-0.05, 0) is 32.2 Å². The summed E-state index contributed by atoms with van der Waals surface area (Å²) in [6.07, 6.45) is 0. The van der Waals surface area contributed by atoms with E-state index in [-0.39, 0.29) is 5.54 Å². The predicted molar refractivity (Wildman–Crippen MR) is 64.6 cm³/mol. The van der Waals surface area contributed by atoms with Gasteiger partial charge >= 0.3 is 0 Å². The smallest absolute Gasteiger partial charge is 0.0246 e. The average molecular weight is 200 g/mol. The number of nitrogens with one attached hydrogen (secondary N) is 2. The van der Waals surface area contributed by atoms with E-state index in [0.29, 0.717) is 11.3 Å². The van der Waals surface area contributed by atoms with Crippen LogP contribution in [-0.2, 0) is 0 Å². The van der Waals surface area contributed by atoms with Gasteiger partial charge < -0.3 is 10.6 Å². The van der Waals surface area contributed by atoms with Crippen LogP contribution in [0, 0.1) is 11.3 Å². The number of likely N-dealkylation sites (N-methyl/N-ethyl adjacent to an activating group) is 1. The molecular weight excluding hydrogens is 172 g/mol. The second-order valence-electron chi connectivity index (χ2n) is 5.88. The third-order valence-electron chi connectivity index (χ3n) is 3.39. The molecule has 0 fully saturated rings. The van der Waals surface area contributed by atoms with Crippen molar-refractivity contribution in [2.75, 3.05) is 20.1 Å². The van der Waals surface area contributed by atoms with Crippen LogP contribution in [0.4, 0.5) is 0 Å². The van der Waals surface area contributed by atoms with Crippen LogP contribution in [0.25, 0.3) is 0 Å². The monoisotopic (exact) mass is 200 g/mol. The molecule has 0 aromatic heterocycles. The van der Waals surface area contributed by atoms with E-state index in [0.717, 1.165) is 13.1 Å². The fourth-order valence-corrected chi connectivity index (χ4v) is 0.990. The van der Waals surface area contributed by atoms with E-state index in [2.05, 4.69) is 52.2 Å². The summed E-state index contributed by atoms with van der Waals surface area (Å²) in [4.78, 5) is 0. The van der Waals surface area contributed by atoms with Crippen LogP contribution < -0.4 is 10.6 Å². The van der Waals surface area contributed by atoms with Gasteiger partial charge in [0.25, 0.3) is 0 Å². The summed E-state index contributed by atoms with van der Waals surface area (Å²) in [5.74, 6) is 0.715. The topological polar surface area (TPSA) is 24.1 Å². The Kier molecular flexibility index (Phi) is 5.10. The van der Waals surface area contributed by atoms with Crippen LogP contribution in [0.3, 0.4) is 0 Å². The number of hydrogen-bond acceptors (Lipinski definition) is 2. The van der Waals surface area contributed by atoms with Gasteiger partial charge in [0.1, 0.15) is 0 Å². The molecule has 2 nitrogen and oxygen atoms in total. The van der Waals surface area contributed by atoms with Crippen molar-refractivity contribution in [3.05, 3.63) is 0 Å². The van der Waals surface area contributed by atoms with Gasteiger partial charge in [-0.3, -0.25) is 0 Å². The van der Waals surface area contributed by atoms with Crippen LogP contribution in [0.1, 0.15) is 41.5 Å². The van der Waals surface area contributed by atoms with E-state index in [9.17, 15) is 0 Å².